The van der Waals surface area contributed by atoms with Crippen LogP contribution in [0.5, 0.6) is 0 Å². The van der Waals surface area contributed by atoms with Gasteiger partial charge >= 0.3 is 0 Å². The lowest BCUT2D eigenvalue weighted by molar-refractivity contribution is -0.119. The summed E-state index contributed by atoms with van der Waals surface area (Å²) in [5.74, 6) is -0.507. The molecule has 0 saturated carbocycles. The van der Waals surface area contributed by atoms with E-state index in [1.165, 1.54) is 12.7 Å². The number of hydrogen-bond donors (Lipinski definition) is 3. The number of rotatable bonds is 7. The summed E-state index contributed by atoms with van der Waals surface area (Å²) in [6, 6.07) is 20.4. The Morgan fingerprint density at radius 3 is 2.27 bits per heavy atom. The topological polar surface area (TPSA) is 79.5 Å². The third-order valence-electron chi connectivity index (χ3n) is 4.73. The van der Waals surface area contributed by atoms with E-state index in [0.717, 1.165) is 11.3 Å². The number of benzene rings is 3. The maximum absolute atomic E-state index is 13.0. The number of amides is 2. The highest BCUT2D eigenvalue weighted by Crippen LogP contribution is 2.26. The Morgan fingerprint density at radius 2 is 1.50 bits per heavy atom. The molecule has 0 unspecified atom stereocenters. The van der Waals surface area contributed by atoms with Crippen molar-refractivity contribution in [2.45, 2.75) is 13.8 Å². The fourth-order valence-corrected chi connectivity index (χ4v) is 3.02. The Morgan fingerprint density at radius 1 is 0.833 bits per heavy atom. The summed E-state index contributed by atoms with van der Waals surface area (Å²) in [5, 5.41) is 8.99. The molecule has 0 fully saturated rings. The SMILES string of the molecule is COCC(=O)Nc1cccc(NC(=O)c2ccccc2Nc2cccc(C)c2C)c1. The van der Waals surface area contributed by atoms with Crippen LogP contribution in [0.2, 0.25) is 0 Å². The number of aryl methyl sites for hydroxylation is 1. The second-order valence-corrected chi connectivity index (χ2v) is 6.93. The number of carbonyl (C=O) groups is 2. The summed E-state index contributed by atoms with van der Waals surface area (Å²) in [6.45, 7) is 4.06. The summed E-state index contributed by atoms with van der Waals surface area (Å²) in [5.41, 5.74) is 5.66. The van der Waals surface area contributed by atoms with E-state index in [1.807, 2.05) is 37.3 Å². The van der Waals surface area contributed by atoms with Gasteiger partial charge in [-0.1, -0.05) is 30.3 Å². The molecule has 154 valence electrons. The van der Waals surface area contributed by atoms with Crippen molar-refractivity contribution in [2.24, 2.45) is 0 Å². The number of hydrogen-bond acceptors (Lipinski definition) is 4. The number of anilines is 4. The highest BCUT2D eigenvalue weighted by Gasteiger charge is 2.13. The fourth-order valence-electron chi connectivity index (χ4n) is 3.02. The van der Waals surface area contributed by atoms with Crippen molar-refractivity contribution in [3.05, 3.63) is 83.4 Å². The van der Waals surface area contributed by atoms with Gasteiger partial charge < -0.3 is 20.7 Å². The molecule has 3 aromatic carbocycles. The summed E-state index contributed by atoms with van der Waals surface area (Å²) < 4.78 is 4.82. The van der Waals surface area contributed by atoms with Crippen molar-refractivity contribution in [1.82, 2.24) is 0 Å². The Hall–Kier alpha value is -3.64. The van der Waals surface area contributed by atoms with E-state index < -0.39 is 0 Å². The Labute approximate surface area is 176 Å². The molecule has 0 spiro atoms. The number of para-hydroxylation sites is 1. The van der Waals surface area contributed by atoms with Gasteiger partial charge in [-0.25, -0.2) is 0 Å². The number of carbonyl (C=O) groups excluding carboxylic acids is 2. The third-order valence-corrected chi connectivity index (χ3v) is 4.73. The van der Waals surface area contributed by atoms with Gasteiger partial charge in [0.2, 0.25) is 5.91 Å². The molecule has 0 aliphatic rings. The summed E-state index contributed by atoms with van der Waals surface area (Å²) in [4.78, 5) is 24.7. The monoisotopic (exact) mass is 403 g/mol. The third kappa shape index (κ3) is 5.24. The maximum atomic E-state index is 13.0. The lowest BCUT2D eigenvalue weighted by atomic mass is 10.1. The zero-order valence-electron chi connectivity index (χ0n) is 17.3. The molecule has 0 heterocycles. The minimum absolute atomic E-state index is 0.0337. The van der Waals surface area contributed by atoms with E-state index in [-0.39, 0.29) is 18.4 Å². The minimum atomic E-state index is -0.260. The van der Waals surface area contributed by atoms with Crippen molar-refractivity contribution in [3.63, 3.8) is 0 Å². The molecule has 3 rings (SSSR count). The lowest BCUT2D eigenvalue weighted by Crippen LogP contribution is -2.17. The van der Waals surface area contributed by atoms with Crippen LogP contribution in [0.3, 0.4) is 0 Å². The number of ether oxygens (including phenoxy) is 1. The van der Waals surface area contributed by atoms with Crippen LogP contribution in [0.25, 0.3) is 0 Å². The first-order valence-electron chi connectivity index (χ1n) is 9.60. The van der Waals surface area contributed by atoms with E-state index in [4.69, 9.17) is 4.74 Å². The molecule has 0 radical (unpaired) electrons. The van der Waals surface area contributed by atoms with E-state index >= 15 is 0 Å². The van der Waals surface area contributed by atoms with E-state index in [0.29, 0.717) is 22.6 Å². The molecule has 6 nitrogen and oxygen atoms in total. The van der Waals surface area contributed by atoms with Crippen LogP contribution >= 0.6 is 0 Å². The van der Waals surface area contributed by atoms with Crippen LogP contribution in [0.4, 0.5) is 22.7 Å². The predicted molar refractivity (Wildman–Crippen MR) is 121 cm³/mol. The Bertz CT molecular complexity index is 1060. The fraction of sp³-hybridized carbons (Fsp3) is 0.167. The normalized spacial score (nSPS) is 10.4. The van der Waals surface area contributed by atoms with Gasteiger partial charge in [0, 0.05) is 24.2 Å². The molecule has 0 bridgehead atoms. The first-order valence-corrected chi connectivity index (χ1v) is 9.60. The molecule has 2 amide bonds. The van der Waals surface area contributed by atoms with Gasteiger partial charge in [-0.05, 0) is 61.4 Å². The van der Waals surface area contributed by atoms with Crippen LogP contribution in [0.15, 0.2) is 66.7 Å². The zero-order valence-corrected chi connectivity index (χ0v) is 17.3. The highest BCUT2D eigenvalue weighted by atomic mass is 16.5. The van der Waals surface area contributed by atoms with Crippen molar-refractivity contribution in [2.75, 3.05) is 29.7 Å². The molecule has 3 N–H and O–H groups in total. The van der Waals surface area contributed by atoms with Crippen LogP contribution in [-0.2, 0) is 9.53 Å². The van der Waals surface area contributed by atoms with Gasteiger partial charge in [-0.15, -0.1) is 0 Å². The molecule has 0 saturated heterocycles. The second-order valence-electron chi connectivity index (χ2n) is 6.93. The van der Waals surface area contributed by atoms with E-state index in [9.17, 15) is 9.59 Å². The van der Waals surface area contributed by atoms with Gasteiger partial charge in [0.05, 0.1) is 11.3 Å². The Kier molecular flexibility index (Phi) is 6.83. The zero-order chi connectivity index (χ0) is 21.5. The predicted octanol–water partition coefficient (Wildman–Crippen LogP) is 4.88. The molecule has 0 atom stereocenters. The van der Waals surface area contributed by atoms with Crippen LogP contribution in [-0.4, -0.2) is 25.5 Å². The molecule has 30 heavy (non-hydrogen) atoms. The lowest BCUT2D eigenvalue weighted by Gasteiger charge is -2.15. The second kappa shape index (κ2) is 9.71. The van der Waals surface area contributed by atoms with Gasteiger partial charge in [-0.3, -0.25) is 9.59 Å². The average molecular weight is 403 g/mol. The van der Waals surface area contributed by atoms with Gasteiger partial charge in [0.15, 0.2) is 0 Å². The van der Waals surface area contributed by atoms with Gasteiger partial charge in [0.1, 0.15) is 6.61 Å². The van der Waals surface area contributed by atoms with Crippen LogP contribution in [0.1, 0.15) is 21.5 Å². The quantitative estimate of drug-likeness (QED) is 0.525. The number of methoxy groups -OCH3 is 1. The molecule has 0 aliphatic carbocycles. The number of nitrogens with one attached hydrogen (secondary N) is 3. The van der Waals surface area contributed by atoms with E-state index in [1.54, 1.807) is 30.3 Å². The highest BCUT2D eigenvalue weighted by molar-refractivity contribution is 6.08. The molecule has 3 aromatic rings. The largest absolute Gasteiger partial charge is 0.375 e. The standard InChI is InChI=1S/C24H25N3O3/c1-16-8-6-13-21(17(16)2)27-22-12-5-4-11-20(22)24(29)26-19-10-7-9-18(14-19)25-23(28)15-30-3/h4-14,27H,15H2,1-3H3,(H,25,28)(H,26,29). The molecular weight excluding hydrogens is 378 g/mol. The molecule has 0 aliphatic heterocycles. The minimum Gasteiger partial charge on any atom is -0.375 e. The molecule has 6 heteroatoms. The Balaban J connectivity index is 1.78. The summed E-state index contributed by atoms with van der Waals surface area (Å²) >= 11 is 0. The van der Waals surface area contributed by atoms with Crippen molar-refractivity contribution in [3.8, 4) is 0 Å². The summed E-state index contributed by atoms with van der Waals surface area (Å²) in [7, 11) is 1.46. The maximum Gasteiger partial charge on any atom is 0.257 e. The first kappa shape index (κ1) is 21.1. The van der Waals surface area contributed by atoms with Crippen molar-refractivity contribution >= 4 is 34.6 Å². The summed E-state index contributed by atoms with van der Waals surface area (Å²) in [6.07, 6.45) is 0. The van der Waals surface area contributed by atoms with Gasteiger partial charge in [0.25, 0.3) is 5.91 Å². The average Bonchev–Trinajstić information content (AvgIpc) is 2.72. The van der Waals surface area contributed by atoms with Gasteiger partial charge in [-0.2, -0.15) is 0 Å². The van der Waals surface area contributed by atoms with Crippen LogP contribution in [0, 0.1) is 13.8 Å². The molecule has 0 aromatic heterocycles. The van der Waals surface area contributed by atoms with Crippen molar-refractivity contribution < 1.29 is 14.3 Å². The first-order chi connectivity index (χ1) is 14.5. The van der Waals surface area contributed by atoms with Crippen LogP contribution < -0.4 is 16.0 Å². The smallest absolute Gasteiger partial charge is 0.257 e. The van der Waals surface area contributed by atoms with Crippen molar-refractivity contribution in [1.29, 1.82) is 0 Å². The van der Waals surface area contributed by atoms with E-state index in [2.05, 4.69) is 28.9 Å². The molecular formula is C24H25N3O3.